The summed E-state index contributed by atoms with van der Waals surface area (Å²) in [7, 11) is 0. The Kier molecular flexibility index (Phi) is 1.75. The molecule has 1 aromatic carbocycles. The highest BCUT2D eigenvalue weighted by Gasteiger charge is 2.06. The number of pyridine rings is 1. The highest BCUT2D eigenvalue weighted by atomic mass is 32.1. The molecule has 0 aliphatic rings. The Balaban J connectivity index is 2.65. The second kappa shape index (κ2) is 2.97. The van der Waals surface area contributed by atoms with Gasteiger partial charge in [-0.05, 0) is 18.2 Å². The van der Waals surface area contributed by atoms with Crippen LogP contribution in [0.1, 0.15) is 0 Å². The first-order valence-electron chi connectivity index (χ1n) is 4.30. The van der Waals surface area contributed by atoms with Crippen LogP contribution in [0.2, 0.25) is 0 Å². The average molecular weight is 217 g/mol. The van der Waals surface area contributed by atoms with E-state index in [1.165, 1.54) is 20.2 Å². The number of thiol groups is 1. The van der Waals surface area contributed by atoms with Crippen molar-refractivity contribution in [1.29, 1.82) is 0 Å². The summed E-state index contributed by atoms with van der Waals surface area (Å²) in [6.07, 6.45) is 3.74. The lowest BCUT2D eigenvalue weighted by molar-refractivity contribution is 1.37. The number of fused-ring (bicyclic) bond motifs is 3. The van der Waals surface area contributed by atoms with Crippen molar-refractivity contribution in [3.05, 3.63) is 36.7 Å². The molecule has 3 aromatic rings. The maximum Gasteiger partial charge on any atom is 0.0386 e. The van der Waals surface area contributed by atoms with E-state index in [0.29, 0.717) is 0 Å². The molecular weight excluding hydrogens is 210 g/mol. The molecule has 0 unspecified atom stereocenters. The minimum absolute atomic E-state index is 1.03. The van der Waals surface area contributed by atoms with Gasteiger partial charge in [-0.25, -0.2) is 0 Å². The molecule has 0 N–H and O–H groups in total. The summed E-state index contributed by atoms with van der Waals surface area (Å²) in [4.78, 5) is 5.18. The van der Waals surface area contributed by atoms with Crippen LogP contribution in [0.4, 0.5) is 0 Å². The molecule has 68 valence electrons. The fourth-order valence-electron chi connectivity index (χ4n) is 1.65. The summed E-state index contributed by atoms with van der Waals surface area (Å²) in [6.45, 7) is 0. The molecule has 3 heteroatoms. The van der Waals surface area contributed by atoms with Gasteiger partial charge in [0.05, 0.1) is 0 Å². The molecule has 2 heterocycles. The molecule has 0 spiro atoms. The van der Waals surface area contributed by atoms with Gasteiger partial charge in [-0.15, -0.1) is 24.0 Å². The van der Waals surface area contributed by atoms with Crippen LogP contribution in [-0.2, 0) is 0 Å². The molecule has 1 nitrogen and oxygen atoms in total. The van der Waals surface area contributed by atoms with Gasteiger partial charge in [-0.3, -0.25) is 4.98 Å². The van der Waals surface area contributed by atoms with Crippen LogP contribution >= 0.6 is 24.0 Å². The summed E-state index contributed by atoms with van der Waals surface area (Å²) in [5.41, 5.74) is 0. The fraction of sp³-hybridized carbons (Fsp3) is 0. The van der Waals surface area contributed by atoms with Gasteiger partial charge in [-0.2, -0.15) is 0 Å². The van der Waals surface area contributed by atoms with Crippen molar-refractivity contribution in [3.8, 4) is 0 Å². The Labute approximate surface area is 90.8 Å². The number of hydrogen-bond donors (Lipinski definition) is 1. The predicted octanol–water partition coefficient (Wildman–Crippen LogP) is 3.74. The van der Waals surface area contributed by atoms with Gasteiger partial charge in [0, 0.05) is 37.5 Å². The smallest absolute Gasteiger partial charge is 0.0386 e. The van der Waals surface area contributed by atoms with E-state index in [-0.39, 0.29) is 0 Å². The number of rotatable bonds is 0. The lowest BCUT2D eigenvalue weighted by Crippen LogP contribution is -1.70. The molecular formula is C11H7NS2. The van der Waals surface area contributed by atoms with Gasteiger partial charge in [-0.1, -0.05) is 6.07 Å². The molecule has 0 saturated heterocycles. The number of benzene rings is 1. The highest BCUT2D eigenvalue weighted by molar-refractivity contribution is 7.80. The average Bonchev–Trinajstić information content (AvgIpc) is 2.57. The van der Waals surface area contributed by atoms with Crippen LogP contribution in [0, 0.1) is 0 Å². The minimum Gasteiger partial charge on any atom is -0.264 e. The maximum atomic E-state index is 4.47. The van der Waals surface area contributed by atoms with Crippen molar-refractivity contribution in [2.24, 2.45) is 0 Å². The molecule has 0 amide bonds. The Bertz CT molecular complexity index is 613. The molecule has 0 radical (unpaired) electrons. The van der Waals surface area contributed by atoms with Crippen molar-refractivity contribution in [2.45, 2.75) is 4.90 Å². The van der Waals surface area contributed by atoms with Crippen LogP contribution in [0.3, 0.4) is 0 Å². The highest BCUT2D eigenvalue weighted by Crippen LogP contribution is 2.36. The minimum atomic E-state index is 1.03. The Morgan fingerprint density at radius 3 is 3.00 bits per heavy atom. The van der Waals surface area contributed by atoms with Crippen LogP contribution in [0.5, 0.6) is 0 Å². The van der Waals surface area contributed by atoms with Gasteiger partial charge in [0.25, 0.3) is 0 Å². The monoisotopic (exact) mass is 217 g/mol. The van der Waals surface area contributed by atoms with Gasteiger partial charge in [0.2, 0.25) is 0 Å². The second-order valence-corrected chi connectivity index (χ2v) is 4.69. The fourth-order valence-corrected chi connectivity index (χ4v) is 3.15. The third-order valence-electron chi connectivity index (χ3n) is 2.27. The zero-order valence-electron chi connectivity index (χ0n) is 7.27. The summed E-state index contributed by atoms with van der Waals surface area (Å²) in [5, 5.41) is 2.43. The van der Waals surface area contributed by atoms with Crippen molar-refractivity contribution in [1.82, 2.24) is 4.98 Å². The lowest BCUT2D eigenvalue weighted by Gasteiger charge is -1.94. The van der Waals surface area contributed by atoms with Crippen LogP contribution in [0.25, 0.3) is 20.2 Å². The van der Waals surface area contributed by atoms with Crippen LogP contribution in [-0.4, -0.2) is 4.98 Å². The van der Waals surface area contributed by atoms with E-state index < -0.39 is 0 Å². The number of nitrogens with zero attached hydrogens (tertiary/aromatic N) is 1. The molecule has 0 fully saturated rings. The van der Waals surface area contributed by atoms with Gasteiger partial charge in [0.15, 0.2) is 0 Å². The maximum absolute atomic E-state index is 4.47. The second-order valence-electron chi connectivity index (χ2n) is 3.12. The Hall–Kier alpha value is -1.06. The van der Waals surface area contributed by atoms with E-state index >= 15 is 0 Å². The zero-order valence-corrected chi connectivity index (χ0v) is 8.98. The molecule has 2 aromatic heterocycles. The first-order valence-corrected chi connectivity index (χ1v) is 5.57. The van der Waals surface area contributed by atoms with Crippen LogP contribution in [0.15, 0.2) is 41.6 Å². The van der Waals surface area contributed by atoms with E-state index in [9.17, 15) is 0 Å². The number of thiophene rings is 1. The van der Waals surface area contributed by atoms with Crippen molar-refractivity contribution >= 4 is 44.1 Å². The first kappa shape index (κ1) is 8.26. The molecule has 0 aliphatic heterocycles. The van der Waals surface area contributed by atoms with Gasteiger partial charge >= 0.3 is 0 Å². The van der Waals surface area contributed by atoms with Crippen LogP contribution < -0.4 is 0 Å². The van der Waals surface area contributed by atoms with Gasteiger partial charge < -0.3 is 0 Å². The SMILES string of the molecule is Sc1cccc2sc3ccncc3c12. The predicted molar refractivity (Wildman–Crippen MR) is 64.4 cm³/mol. The van der Waals surface area contributed by atoms with E-state index in [2.05, 4.69) is 23.7 Å². The third-order valence-corrected chi connectivity index (χ3v) is 3.78. The van der Waals surface area contributed by atoms with E-state index in [1.807, 2.05) is 30.6 Å². The normalized spacial score (nSPS) is 11.2. The van der Waals surface area contributed by atoms with Crippen molar-refractivity contribution in [3.63, 3.8) is 0 Å². The number of hydrogen-bond acceptors (Lipinski definition) is 3. The summed E-state index contributed by atoms with van der Waals surface area (Å²) in [6, 6.07) is 8.23. The van der Waals surface area contributed by atoms with E-state index in [1.54, 1.807) is 11.3 Å². The molecule has 0 atom stereocenters. The molecule has 3 rings (SSSR count). The van der Waals surface area contributed by atoms with E-state index in [0.717, 1.165) is 4.90 Å². The lowest BCUT2D eigenvalue weighted by atomic mass is 10.2. The quantitative estimate of drug-likeness (QED) is 0.566. The number of aromatic nitrogens is 1. The van der Waals surface area contributed by atoms with Gasteiger partial charge in [0.1, 0.15) is 0 Å². The standard InChI is InChI=1S/C11H7NS2/c13-8-2-1-3-10-11(8)7-6-12-5-4-9(7)14-10/h1-6,13H. The summed E-state index contributed by atoms with van der Waals surface area (Å²) < 4.78 is 2.55. The molecule has 14 heavy (non-hydrogen) atoms. The molecule has 0 aliphatic carbocycles. The molecule has 0 saturated carbocycles. The van der Waals surface area contributed by atoms with Crippen molar-refractivity contribution < 1.29 is 0 Å². The summed E-state index contributed by atoms with van der Waals surface area (Å²) in [5.74, 6) is 0. The first-order chi connectivity index (χ1) is 6.86. The Morgan fingerprint density at radius 1 is 1.14 bits per heavy atom. The van der Waals surface area contributed by atoms with Crippen molar-refractivity contribution in [2.75, 3.05) is 0 Å². The third kappa shape index (κ3) is 1.06. The topological polar surface area (TPSA) is 12.9 Å². The summed E-state index contributed by atoms with van der Waals surface area (Å²) >= 11 is 6.26. The molecule has 0 bridgehead atoms. The largest absolute Gasteiger partial charge is 0.264 e. The van der Waals surface area contributed by atoms with E-state index in [4.69, 9.17) is 0 Å². The Morgan fingerprint density at radius 2 is 2.07 bits per heavy atom. The zero-order chi connectivity index (χ0) is 9.54.